The number of benzene rings is 1. The highest BCUT2D eigenvalue weighted by molar-refractivity contribution is 6.30. The monoisotopic (exact) mass is 374 g/mol. The van der Waals surface area contributed by atoms with E-state index in [1.165, 1.54) is 4.57 Å². The van der Waals surface area contributed by atoms with Crippen LogP contribution in [0.5, 0.6) is 11.5 Å². The first-order chi connectivity index (χ1) is 12.2. The number of hydrogen-bond donors (Lipinski definition) is 2. The summed E-state index contributed by atoms with van der Waals surface area (Å²) in [6, 6.07) is 8.35. The molecule has 0 saturated heterocycles. The maximum Gasteiger partial charge on any atom is 0.294 e. The minimum atomic E-state index is -0.902. The maximum atomic E-state index is 12.6. The molecule has 1 aromatic carbocycles. The number of hydrogen-bond acceptors (Lipinski definition) is 6. The lowest BCUT2D eigenvalue weighted by Crippen LogP contribution is -2.30. The van der Waals surface area contributed by atoms with Crippen molar-refractivity contribution < 1.29 is 9.84 Å². The van der Waals surface area contributed by atoms with E-state index in [9.17, 15) is 9.90 Å². The number of fused-ring (bicyclic) bond motifs is 1. The molecule has 0 aliphatic carbocycles. The van der Waals surface area contributed by atoms with Gasteiger partial charge in [-0.3, -0.25) is 9.36 Å². The fraction of sp³-hybridized carbons (Fsp3) is 0.278. The van der Waals surface area contributed by atoms with E-state index in [1.807, 2.05) is 0 Å². The van der Waals surface area contributed by atoms with Gasteiger partial charge in [0.15, 0.2) is 5.75 Å². The summed E-state index contributed by atoms with van der Waals surface area (Å²) >= 11 is 5.86. The smallest absolute Gasteiger partial charge is 0.294 e. The molecule has 0 spiro atoms. The molecule has 26 heavy (non-hydrogen) atoms. The zero-order chi connectivity index (χ0) is 18.9. The molecular formula is C18H19ClN4O3. The molecule has 2 heterocycles. The number of ether oxygens (including phenoxy) is 1. The quantitative estimate of drug-likeness (QED) is 0.713. The highest BCUT2D eigenvalue weighted by atomic mass is 35.5. The van der Waals surface area contributed by atoms with Crippen LogP contribution in [0.4, 0.5) is 5.95 Å². The van der Waals surface area contributed by atoms with Gasteiger partial charge in [-0.05, 0) is 44.2 Å². The van der Waals surface area contributed by atoms with Crippen molar-refractivity contribution in [3.63, 3.8) is 0 Å². The summed E-state index contributed by atoms with van der Waals surface area (Å²) in [6.45, 7) is 3.64. The van der Waals surface area contributed by atoms with Gasteiger partial charge in [0.25, 0.3) is 5.56 Å². The van der Waals surface area contributed by atoms with Gasteiger partial charge in [-0.2, -0.15) is 4.98 Å². The lowest BCUT2D eigenvalue weighted by atomic mass is 10.1. The molecule has 0 radical (unpaired) electrons. The van der Waals surface area contributed by atoms with Crippen LogP contribution in [0.3, 0.4) is 0 Å². The molecule has 3 rings (SSSR count). The average molecular weight is 375 g/mol. The summed E-state index contributed by atoms with van der Waals surface area (Å²) in [5, 5.41) is 14.0. The summed E-state index contributed by atoms with van der Waals surface area (Å²) in [5.41, 5.74) is -0.758. The van der Waals surface area contributed by atoms with Crippen molar-refractivity contribution in [2.75, 3.05) is 11.9 Å². The van der Waals surface area contributed by atoms with E-state index in [4.69, 9.17) is 16.3 Å². The third kappa shape index (κ3) is 4.12. The normalized spacial score (nSPS) is 11.6. The second-order valence-electron chi connectivity index (χ2n) is 6.57. The molecular weight excluding hydrogens is 356 g/mol. The first kappa shape index (κ1) is 18.2. The molecule has 0 unspecified atom stereocenters. The number of rotatable bonds is 5. The van der Waals surface area contributed by atoms with Gasteiger partial charge in [0, 0.05) is 30.2 Å². The van der Waals surface area contributed by atoms with E-state index in [-0.39, 0.29) is 17.9 Å². The van der Waals surface area contributed by atoms with Crippen LogP contribution in [-0.2, 0) is 7.05 Å². The Labute approximate surface area is 155 Å². The number of nitrogens with zero attached hydrogens (tertiary/aromatic N) is 3. The topological polar surface area (TPSA) is 89.3 Å². The van der Waals surface area contributed by atoms with Crippen molar-refractivity contribution in [1.82, 2.24) is 14.5 Å². The molecule has 2 N–H and O–H groups in total. The van der Waals surface area contributed by atoms with Gasteiger partial charge in [-0.25, -0.2) is 4.98 Å². The molecule has 2 aromatic heterocycles. The lowest BCUT2D eigenvalue weighted by Gasteiger charge is -2.17. The predicted octanol–water partition coefficient (Wildman–Crippen LogP) is 2.96. The molecule has 7 nitrogen and oxygen atoms in total. The molecule has 0 fully saturated rings. The Bertz CT molecular complexity index is 994. The molecule has 0 aliphatic rings. The summed E-state index contributed by atoms with van der Waals surface area (Å²) in [4.78, 5) is 21.1. The van der Waals surface area contributed by atoms with Gasteiger partial charge in [0.05, 0.1) is 5.60 Å². The molecule has 0 atom stereocenters. The van der Waals surface area contributed by atoms with Crippen molar-refractivity contribution in [3.8, 4) is 11.5 Å². The Morgan fingerprint density at radius 2 is 2.00 bits per heavy atom. The van der Waals surface area contributed by atoms with Crippen molar-refractivity contribution >= 4 is 28.6 Å². The van der Waals surface area contributed by atoms with Crippen LogP contribution in [0.15, 0.2) is 41.3 Å². The average Bonchev–Trinajstić information content (AvgIpc) is 2.59. The van der Waals surface area contributed by atoms with E-state index in [2.05, 4.69) is 15.3 Å². The molecule has 0 aliphatic heterocycles. The molecule has 0 saturated carbocycles. The van der Waals surface area contributed by atoms with E-state index in [0.29, 0.717) is 27.8 Å². The van der Waals surface area contributed by atoms with Crippen molar-refractivity contribution in [2.45, 2.75) is 19.4 Å². The number of halogens is 1. The van der Waals surface area contributed by atoms with E-state index in [1.54, 1.807) is 57.4 Å². The van der Waals surface area contributed by atoms with E-state index >= 15 is 0 Å². The Balaban J connectivity index is 1.94. The Morgan fingerprint density at radius 3 is 2.65 bits per heavy atom. The van der Waals surface area contributed by atoms with Crippen LogP contribution < -0.4 is 15.6 Å². The van der Waals surface area contributed by atoms with Gasteiger partial charge in [0.2, 0.25) is 5.95 Å². The second-order valence-corrected chi connectivity index (χ2v) is 7.00. The first-order valence-corrected chi connectivity index (χ1v) is 8.37. The van der Waals surface area contributed by atoms with Crippen LogP contribution in [-0.4, -0.2) is 31.8 Å². The van der Waals surface area contributed by atoms with E-state index in [0.717, 1.165) is 0 Å². The summed E-state index contributed by atoms with van der Waals surface area (Å²) in [5.74, 6) is 1.01. The number of anilines is 1. The zero-order valence-electron chi connectivity index (χ0n) is 14.7. The standard InChI is InChI=1S/C18H19ClN4O3/c1-18(2,25)10-21-17-20-9-11-8-14(16(24)23(3)15(11)22-17)26-13-6-4-12(19)5-7-13/h4-9,25H,10H2,1-3H3,(H,20,21,22). The third-order valence-electron chi connectivity index (χ3n) is 3.64. The molecule has 136 valence electrons. The van der Waals surface area contributed by atoms with E-state index < -0.39 is 5.60 Å². The molecule has 0 bridgehead atoms. The van der Waals surface area contributed by atoms with Crippen LogP contribution in [0.2, 0.25) is 5.02 Å². The fourth-order valence-corrected chi connectivity index (χ4v) is 2.43. The van der Waals surface area contributed by atoms with Crippen molar-refractivity contribution in [1.29, 1.82) is 0 Å². The third-order valence-corrected chi connectivity index (χ3v) is 3.89. The number of pyridine rings is 1. The van der Waals surface area contributed by atoms with Gasteiger partial charge in [0.1, 0.15) is 11.4 Å². The Hall–Kier alpha value is -2.64. The number of nitrogens with one attached hydrogen (secondary N) is 1. The fourth-order valence-electron chi connectivity index (χ4n) is 2.30. The van der Waals surface area contributed by atoms with Crippen LogP contribution in [0, 0.1) is 0 Å². The van der Waals surface area contributed by atoms with Crippen LogP contribution in [0.1, 0.15) is 13.8 Å². The predicted molar refractivity (Wildman–Crippen MR) is 101 cm³/mol. The second kappa shape index (κ2) is 6.93. The summed E-state index contributed by atoms with van der Waals surface area (Å²) < 4.78 is 7.08. The maximum absolute atomic E-state index is 12.6. The number of aromatic nitrogens is 3. The molecule has 0 amide bonds. The van der Waals surface area contributed by atoms with Gasteiger partial charge in [-0.1, -0.05) is 11.6 Å². The number of aryl methyl sites for hydroxylation is 1. The van der Waals surface area contributed by atoms with Crippen molar-refractivity contribution in [2.24, 2.45) is 7.05 Å². The summed E-state index contributed by atoms with van der Waals surface area (Å²) in [7, 11) is 1.62. The van der Waals surface area contributed by atoms with Gasteiger partial charge < -0.3 is 15.2 Å². The first-order valence-electron chi connectivity index (χ1n) is 7.99. The van der Waals surface area contributed by atoms with Crippen LogP contribution >= 0.6 is 11.6 Å². The minimum absolute atomic E-state index is 0.170. The largest absolute Gasteiger partial charge is 0.452 e. The highest BCUT2D eigenvalue weighted by Crippen LogP contribution is 2.23. The van der Waals surface area contributed by atoms with Gasteiger partial charge >= 0.3 is 0 Å². The van der Waals surface area contributed by atoms with Crippen LogP contribution in [0.25, 0.3) is 11.0 Å². The molecule has 3 aromatic rings. The summed E-state index contributed by atoms with van der Waals surface area (Å²) in [6.07, 6.45) is 1.60. The Morgan fingerprint density at radius 1 is 1.31 bits per heavy atom. The SMILES string of the molecule is Cn1c(=O)c(Oc2ccc(Cl)cc2)cc2cnc(NCC(C)(C)O)nc21. The highest BCUT2D eigenvalue weighted by Gasteiger charge is 2.14. The Kier molecular flexibility index (Phi) is 4.84. The molecule has 8 heteroatoms. The zero-order valence-corrected chi connectivity index (χ0v) is 15.4. The lowest BCUT2D eigenvalue weighted by molar-refractivity contribution is 0.0943. The number of aliphatic hydroxyl groups is 1. The minimum Gasteiger partial charge on any atom is -0.452 e. The van der Waals surface area contributed by atoms with Crippen molar-refractivity contribution in [3.05, 3.63) is 51.9 Å². The van der Waals surface area contributed by atoms with Gasteiger partial charge in [-0.15, -0.1) is 0 Å².